The molecule has 4 fully saturated rings. The molecule has 5 aromatic heterocycles. The van der Waals surface area contributed by atoms with Crippen LogP contribution in [0.25, 0.3) is 44.2 Å². The molecule has 2 amide bonds. The fraction of sp³-hybridized carbons (Fsp3) is 0.614. The van der Waals surface area contributed by atoms with Crippen molar-refractivity contribution in [3.63, 3.8) is 0 Å². The molecule has 0 saturated carbocycles. The molecular formula is C57H82ClIN12O9Si2. The molecule has 446 valence electrons. The van der Waals surface area contributed by atoms with Crippen LogP contribution < -0.4 is 36.3 Å². The third-order valence-electron chi connectivity index (χ3n) is 15.6. The third kappa shape index (κ3) is 13.3. The Morgan fingerprint density at radius 1 is 0.695 bits per heavy atom. The van der Waals surface area contributed by atoms with E-state index in [1.54, 1.807) is 29.4 Å². The number of carbonyl (C=O) groups is 2. The van der Waals surface area contributed by atoms with Crippen LogP contribution in [0, 0.1) is 3.57 Å². The van der Waals surface area contributed by atoms with Gasteiger partial charge in [0.05, 0.1) is 58.8 Å². The smallest absolute Gasteiger partial charge is 0.407 e. The number of hydrogen-bond acceptors (Lipinski definition) is 15. The predicted molar refractivity (Wildman–Crippen MR) is 335 cm³/mol. The second-order valence-electron chi connectivity index (χ2n) is 26.7. The summed E-state index contributed by atoms with van der Waals surface area (Å²) in [6, 6.07) is 6.08. The van der Waals surface area contributed by atoms with Gasteiger partial charge in [-0.15, -0.1) is 0 Å². The van der Waals surface area contributed by atoms with Crippen LogP contribution >= 0.6 is 34.2 Å². The van der Waals surface area contributed by atoms with Gasteiger partial charge in [-0.1, -0.05) is 56.9 Å². The highest BCUT2D eigenvalue weighted by Crippen LogP contribution is 2.43. The molecule has 0 spiro atoms. The first kappa shape index (κ1) is 61.3. The number of rotatable bonds is 16. The molecule has 0 unspecified atom stereocenters. The number of ether oxygens (including phenoxy) is 5. The van der Waals surface area contributed by atoms with E-state index < -0.39 is 39.5 Å². The molecule has 4 saturated heterocycles. The minimum atomic E-state index is -1.31. The van der Waals surface area contributed by atoms with E-state index in [4.69, 9.17) is 45.3 Å². The van der Waals surface area contributed by atoms with Gasteiger partial charge in [0.15, 0.2) is 11.3 Å². The lowest BCUT2D eigenvalue weighted by atomic mass is 9.96. The van der Waals surface area contributed by atoms with Crippen LogP contribution in [0.3, 0.4) is 0 Å². The van der Waals surface area contributed by atoms with Gasteiger partial charge in [0.2, 0.25) is 17.8 Å². The maximum absolute atomic E-state index is 14.4. The Morgan fingerprint density at radius 3 is 1.65 bits per heavy atom. The fourth-order valence-electron chi connectivity index (χ4n) is 11.7. The highest BCUT2D eigenvalue weighted by atomic mass is 127. The summed E-state index contributed by atoms with van der Waals surface area (Å²) in [5, 5.41) is 7.57. The highest BCUT2D eigenvalue weighted by molar-refractivity contribution is 14.1. The van der Waals surface area contributed by atoms with Gasteiger partial charge in [-0.2, -0.15) is 9.97 Å². The molecule has 6 aromatic rings. The van der Waals surface area contributed by atoms with Crippen molar-refractivity contribution in [3.8, 4) is 17.0 Å². The molecule has 1 aromatic carbocycles. The third-order valence-corrected chi connectivity index (χ3v) is 20.2. The number of amides is 2. The van der Waals surface area contributed by atoms with Crippen molar-refractivity contribution in [2.24, 2.45) is 14.1 Å². The lowest BCUT2D eigenvalue weighted by Crippen LogP contribution is -2.46. The lowest BCUT2D eigenvalue weighted by Gasteiger charge is -2.28. The van der Waals surface area contributed by atoms with Gasteiger partial charge in [-0.3, -0.25) is 18.7 Å². The Kier molecular flexibility index (Phi) is 17.7. The molecule has 25 heteroatoms. The van der Waals surface area contributed by atoms with Crippen molar-refractivity contribution < 1.29 is 33.3 Å². The summed E-state index contributed by atoms with van der Waals surface area (Å²) in [5.74, 6) is 1.56. The van der Waals surface area contributed by atoms with Crippen molar-refractivity contribution in [1.29, 1.82) is 0 Å². The number of methoxy groups -OCH3 is 1. The summed E-state index contributed by atoms with van der Waals surface area (Å²) >= 11 is 9.19. The number of aromatic nitrogens is 8. The van der Waals surface area contributed by atoms with Gasteiger partial charge in [-0.05, 0) is 121 Å². The van der Waals surface area contributed by atoms with Crippen LogP contribution in [0.4, 0.5) is 21.5 Å². The number of nitrogens with zero attached hydrogens (tertiary/aromatic N) is 10. The number of benzene rings is 1. The number of halogens is 2. The fourth-order valence-corrected chi connectivity index (χ4v) is 14.3. The molecule has 4 bridgehead atoms. The number of alkyl carbamates (subject to hydrolysis) is 2. The van der Waals surface area contributed by atoms with Gasteiger partial charge in [0.25, 0.3) is 11.1 Å². The topological polar surface area (TPSA) is 216 Å². The second-order valence-corrected chi connectivity index (χ2v) is 39.5. The first-order valence-electron chi connectivity index (χ1n) is 28.5. The molecule has 0 aliphatic carbocycles. The Morgan fingerprint density at radius 2 is 1.17 bits per heavy atom. The van der Waals surface area contributed by atoms with E-state index >= 15 is 0 Å². The summed E-state index contributed by atoms with van der Waals surface area (Å²) in [7, 11) is 2.58. The van der Waals surface area contributed by atoms with E-state index in [0.29, 0.717) is 87.0 Å². The highest BCUT2D eigenvalue weighted by Gasteiger charge is 2.50. The summed E-state index contributed by atoms with van der Waals surface area (Å²) in [4.78, 5) is 76.5. The summed E-state index contributed by atoms with van der Waals surface area (Å²) < 4.78 is 36.5. The molecule has 10 rings (SSSR count). The van der Waals surface area contributed by atoms with E-state index in [1.807, 2.05) is 75.2 Å². The normalized spacial score (nSPS) is 20.7. The Labute approximate surface area is 500 Å². The van der Waals surface area contributed by atoms with E-state index in [2.05, 4.69) is 92.3 Å². The van der Waals surface area contributed by atoms with Crippen LogP contribution in [0.5, 0.6) is 5.88 Å². The van der Waals surface area contributed by atoms with Gasteiger partial charge in [0, 0.05) is 82.6 Å². The molecule has 2 N–H and O–H groups in total. The van der Waals surface area contributed by atoms with Crippen LogP contribution in [-0.2, 0) is 46.5 Å². The van der Waals surface area contributed by atoms with Gasteiger partial charge in [0.1, 0.15) is 30.2 Å². The molecule has 82 heavy (non-hydrogen) atoms. The Hall–Kier alpha value is -5.29. The van der Waals surface area contributed by atoms with Crippen LogP contribution in [0.15, 0.2) is 40.3 Å². The molecular weight excluding hydrogens is 1220 g/mol. The number of fused-ring (bicyclic) bond motifs is 7. The van der Waals surface area contributed by atoms with Gasteiger partial charge >= 0.3 is 12.2 Å². The Balaban J connectivity index is 0.000000206. The van der Waals surface area contributed by atoms with E-state index in [9.17, 15) is 19.2 Å². The van der Waals surface area contributed by atoms with Crippen molar-refractivity contribution >= 4 is 108 Å². The first-order chi connectivity index (χ1) is 38.4. The van der Waals surface area contributed by atoms with Crippen molar-refractivity contribution in [2.45, 2.75) is 192 Å². The quantitative estimate of drug-likeness (QED) is 0.0524. The molecule has 4 aliphatic heterocycles. The maximum Gasteiger partial charge on any atom is 0.407 e. The minimum absolute atomic E-state index is 0.0116. The van der Waals surface area contributed by atoms with Crippen molar-refractivity contribution in [1.82, 2.24) is 48.8 Å². The molecule has 4 aliphatic rings. The first-order valence-corrected chi connectivity index (χ1v) is 37.3. The number of nitrogens with one attached hydrogen (secondary N) is 2. The van der Waals surface area contributed by atoms with E-state index in [0.717, 1.165) is 54.2 Å². The Bertz CT molecular complexity index is 3510. The van der Waals surface area contributed by atoms with Gasteiger partial charge < -0.3 is 53.3 Å². The zero-order valence-electron chi connectivity index (χ0n) is 50.2. The molecule has 6 atom stereocenters. The van der Waals surface area contributed by atoms with Crippen LogP contribution in [0.1, 0.15) is 80.1 Å². The molecule has 21 nitrogen and oxygen atoms in total. The average molecular weight is 1300 g/mol. The molecule has 9 heterocycles. The lowest BCUT2D eigenvalue weighted by molar-refractivity contribution is 0.0486. The average Bonchev–Trinajstić information content (AvgIpc) is 3.74. The predicted octanol–water partition coefficient (Wildman–Crippen LogP) is 10.2. The second kappa shape index (κ2) is 23.6. The van der Waals surface area contributed by atoms with Gasteiger partial charge in [-0.25, -0.2) is 19.6 Å². The standard InChI is InChI=1S/C33H44ClN7O5Si.C24H38IN5O4Si/c1-33(2,3)46-32(43)36-23-15-19-9-12-24(23)41(19)31-38-29-26(30(42)39(31)4)21(17-40(29)18-45-13-14-47(6,7)8)20-10-11-22-28(27(20)34)37-25(44-5)16-35-22;1-24(2,3)34-23(32)26-17-12-15-8-9-18(17)30(15)22-27-20-19(21(31)28(22)4)16(25)13-29(20)14-33-10-11-35(5,6)7/h10-11,16-17,19,23-24H,9,12-15,18H2,1-8H3,(H,36,43);13,15,17-18H,8-12,14H2,1-7H3,(H,26,32)/t19-,23+,24+;15-,17+,18+/m00/s1. The van der Waals surface area contributed by atoms with Crippen LogP contribution in [-0.4, -0.2) is 134 Å². The monoisotopic (exact) mass is 1300 g/mol. The number of carbonyl (C=O) groups excluding carboxylic acids is 2. The zero-order valence-corrected chi connectivity index (χ0v) is 55.2. The zero-order chi connectivity index (χ0) is 59.5. The number of anilines is 2. The molecule has 0 radical (unpaired) electrons. The van der Waals surface area contributed by atoms with Crippen molar-refractivity contribution in [2.75, 3.05) is 30.1 Å². The summed E-state index contributed by atoms with van der Waals surface area (Å²) in [6.45, 7) is 27.0. The largest absolute Gasteiger partial charge is 0.480 e. The van der Waals surface area contributed by atoms with Crippen LogP contribution in [0.2, 0.25) is 56.4 Å². The number of hydrogen-bond donors (Lipinski definition) is 2. The summed E-state index contributed by atoms with van der Waals surface area (Å²) in [5.41, 5.74) is 2.16. The SMILES string of the molecule is COc1cnc2ccc(-c3cn(COCC[Si](C)(C)C)c4nc(N5[C@H]6CC[C@@H]5[C@H](NC(=O)OC(C)(C)C)C6)n(C)c(=O)c34)c(Cl)c2n1.Cn1c(N2[C@H]3CC[C@@H]2[C@H](NC(=O)OC(C)(C)C)C3)nc2c(c(I)cn2COCC[Si](C)(C)C)c1=O. The van der Waals surface area contributed by atoms with E-state index in [1.165, 1.54) is 7.11 Å². The van der Waals surface area contributed by atoms with E-state index in [-0.39, 0.29) is 54.1 Å². The van der Waals surface area contributed by atoms with Crippen molar-refractivity contribution in [3.05, 3.63) is 60.0 Å². The maximum atomic E-state index is 14.4. The summed E-state index contributed by atoms with van der Waals surface area (Å²) in [6.07, 6.45) is 9.91. The minimum Gasteiger partial charge on any atom is -0.480 e.